The molecule has 0 fully saturated rings. The van der Waals surface area contributed by atoms with E-state index >= 15 is 0 Å². The number of hydrogen-bond acceptors (Lipinski definition) is 6. The molecule has 1 unspecified atom stereocenters. The molecular formula is C72H134O6. The van der Waals surface area contributed by atoms with Crippen molar-refractivity contribution in [1.29, 1.82) is 0 Å². The lowest BCUT2D eigenvalue weighted by molar-refractivity contribution is -0.167. The zero-order valence-electron chi connectivity index (χ0n) is 52.7. The van der Waals surface area contributed by atoms with Crippen LogP contribution in [0, 0.1) is 0 Å². The van der Waals surface area contributed by atoms with Crippen molar-refractivity contribution in [3.63, 3.8) is 0 Å². The average Bonchev–Trinajstić information content (AvgIpc) is 3.44. The Balaban J connectivity index is 3.98. The van der Waals surface area contributed by atoms with Gasteiger partial charge in [0.2, 0.25) is 0 Å². The molecule has 0 rings (SSSR count). The third-order valence-corrected chi connectivity index (χ3v) is 15.9. The van der Waals surface area contributed by atoms with Gasteiger partial charge in [-0.25, -0.2) is 0 Å². The van der Waals surface area contributed by atoms with Crippen molar-refractivity contribution < 1.29 is 28.6 Å². The molecule has 458 valence electrons. The molecule has 0 bridgehead atoms. The van der Waals surface area contributed by atoms with E-state index < -0.39 is 6.10 Å². The fraction of sp³-hybridized carbons (Fsp3) is 0.875. The van der Waals surface area contributed by atoms with Crippen molar-refractivity contribution in [2.75, 3.05) is 13.2 Å². The average molecular weight is 1100 g/mol. The first-order valence-corrected chi connectivity index (χ1v) is 35.0. The van der Waals surface area contributed by atoms with Crippen molar-refractivity contribution >= 4 is 17.9 Å². The van der Waals surface area contributed by atoms with Crippen LogP contribution in [0.1, 0.15) is 387 Å². The number of carbonyl (C=O) groups excluding carboxylic acids is 3. The topological polar surface area (TPSA) is 78.9 Å². The maximum atomic E-state index is 12.9. The van der Waals surface area contributed by atoms with E-state index in [2.05, 4.69) is 57.2 Å². The molecule has 0 aromatic heterocycles. The molecule has 0 aliphatic carbocycles. The quantitative estimate of drug-likeness (QED) is 0.0261. The summed E-state index contributed by atoms with van der Waals surface area (Å²) in [5.41, 5.74) is 0. The number of allylic oxidation sites excluding steroid dienone is 6. The van der Waals surface area contributed by atoms with Gasteiger partial charge in [-0.05, 0) is 77.0 Å². The van der Waals surface area contributed by atoms with Gasteiger partial charge in [0.15, 0.2) is 6.10 Å². The molecule has 0 N–H and O–H groups in total. The Morgan fingerprint density at radius 1 is 0.256 bits per heavy atom. The molecule has 0 spiro atoms. The minimum absolute atomic E-state index is 0.0672. The van der Waals surface area contributed by atoms with Crippen LogP contribution in [0.5, 0.6) is 0 Å². The number of ether oxygens (including phenoxy) is 3. The van der Waals surface area contributed by atoms with E-state index in [1.165, 1.54) is 283 Å². The van der Waals surface area contributed by atoms with Crippen LogP contribution in [0.2, 0.25) is 0 Å². The number of unbranched alkanes of at least 4 members (excludes halogenated alkanes) is 48. The van der Waals surface area contributed by atoms with Crippen LogP contribution in [-0.2, 0) is 28.6 Å². The molecular weight excluding hydrogens is 961 g/mol. The number of carbonyl (C=O) groups is 3. The van der Waals surface area contributed by atoms with E-state index in [-0.39, 0.29) is 31.1 Å². The lowest BCUT2D eigenvalue weighted by atomic mass is 10.0. The lowest BCUT2D eigenvalue weighted by Crippen LogP contribution is -2.30. The molecule has 6 nitrogen and oxygen atoms in total. The molecule has 6 heteroatoms. The molecule has 1 atom stereocenters. The van der Waals surface area contributed by atoms with E-state index in [9.17, 15) is 14.4 Å². The Morgan fingerprint density at radius 2 is 0.462 bits per heavy atom. The van der Waals surface area contributed by atoms with Gasteiger partial charge < -0.3 is 14.2 Å². The molecule has 0 aromatic carbocycles. The summed E-state index contributed by atoms with van der Waals surface area (Å²) in [5.74, 6) is -0.852. The van der Waals surface area contributed by atoms with Crippen molar-refractivity contribution in [3.05, 3.63) is 36.5 Å². The summed E-state index contributed by atoms with van der Waals surface area (Å²) < 4.78 is 16.9. The molecule has 0 saturated carbocycles. The Bertz CT molecular complexity index is 1300. The van der Waals surface area contributed by atoms with Crippen molar-refractivity contribution in [2.24, 2.45) is 0 Å². The highest BCUT2D eigenvalue weighted by Gasteiger charge is 2.19. The van der Waals surface area contributed by atoms with E-state index in [1.54, 1.807) is 0 Å². The van der Waals surface area contributed by atoms with Crippen molar-refractivity contribution in [2.45, 2.75) is 393 Å². The van der Waals surface area contributed by atoms with Crippen LogP contribution < -0.4 is 0 Å². The fourth-order valence-electron chi connectivity index (χ4n) is 10.6. The Morgan fingerprint density at radius 3 is 0.718 bits per heavy atom. The maximum absolute atomic E-state index is 12.9. The van der Waals surface area contributed by atoms with Gasteiger partial charge in [0.1, 0.15) is 13.2 Å². The molecule has 0 aromatic rings. The van der Waals surface area contributed by atoms with Gasteiger partial charge in [-0.2, -0.15) is 0 Å². The van der Waals surface area contributed by atoms with Crippen LogP contribution in [0.4, 0.5) is 0 Å². The van der Waals surface area contributed by atoms with Crippen LogP contribution in [0.15, 0.2) is 36.5 Å². The number of esters is 3. The summed E-state index contributed by atoms with van der Waals surface area (Å²) in [6.45, 7) is 6.63. The lowest BCUT2D eigenvalue weighted by Gasteiger charge is -2.18. The van der Waals surface area contributed by atoms with Crippen LogP contribution in [0.25, 0.3) is 0 Å². The summed E-state index contributed by atoms with van der Waals surface area (Å²) in [5, 5.41) is 0. The van der Waals surface area contributed by atoms with Crippen LogP contribution in [0.3, 0.4) is 0 Å². The van der Waals surface area contributed by atoms with Crippen LogP contribution >= 0.6 is 0 Å². The Hall–Kier alpha value is -2.37. The van der Waals surface area contributed by atoms with Gasteiger partial charge in [0.25, 0.3) is 0 Å². The number of hydrogen-bond donors (Lipinski definition) is 0. The Labute approximate surface area is 486 Å². The Kier molecular flexibility index (Phi) is 65.1. The molecule has 0 amide bonds. The van der Waals surface area contributed by atoms with E-state index in [1.807, 2.05) is 0 Å². The van der Waals surface area contributed by atoms with Crippen molar-refractivity contribution in [3.8, 4) is 0 Å². The highest BCUT2D eigenvalue weighted by molar-refractivity contribution is 5.71. The highest BCUT2D eigenvalue weighted by Crippen LogP contribution is 2.18. The minimum Gasteiger partial charge on any atom is -0.462 e. The summed E-state index contributed by atoms with van der Waals surface area (Å²) in [6, 6.07) is 0. The summed E-state index contributed by atoms with van der Waals surface area (Å²) >= 11 is 0. The third-order valence-electron chi connectivity index (χ3n) is 15.9. The molecule has 0 radical (unpaired) electrons. The summed E-state index contributed by atoms with van der Waals surface area (Å²) in [6.07, 6.45) is 83.6. The predicted octanol–water partition coefficient (Wildman–Crippen LogP) is 23.9. The molecule has 0 heterocycles. The molecule has 0 aliphatic heterocycles. The fourth-order valence-corrected chi connectivity index (χ4v) is 10.6. The third kappa shape index (κ3) is 64.5. The van der Waals surface area contributed by atoms with Crippen molar-refractivity contribution in [1.82, 2.24) is 0 Å². The monoisotopic (exact) mass is 1100 g/mol. The molecule has 0 saturated heterocycles. The smallest absolute Gasteiger partial charge is 0.306 e. The van der Waals surface area contributed by atoms with Gasteiger partial charge in [-0.3, -0.25) is 14.4 Å². The molecule has 0 aliphatic rings. The van der Waals surface area contributed by atoms with Gasteiger partial charge in [-0.1, -0.05) is 327 Å². The van der Waals surface area contributed by atoms with Gasteiger partial charge in [-0.15, -0.1) is 0 Å². The first kappa shape index (κ1) is 75.6. The SMILES string of the molecule is CCCCCCC/C=C\C/C=C\CCCCCCCCCCCCCCCCCCCC(=O)OCC(COC(=O)CCCCCCCC)OC(=O)CCCCCCCCCCCCCCC/C=C\CCCCCCCCCC. The minimum atomic E-state index is -0.767. The second kappa shape index (κ2) is 67.1. The van der Waals surface area contributed by atoms with Gasteiger partial charge in [0, 0.05) is 19.3 Å². The first-order chi connectivity index (χ1) is 38.5. The van der Waals surface area contributed by atoms with E-state index in [4.69, 9.17) is 14.2 Å². The standard InChI is InChI=1S/C72H134O6/c1-4-7-10-13-16-18-20-22-24-26-28-30-32-34-35-36-37-39-40-42-44-46-48-50-52-54-56-59-62-65-71(74)77-68-69(67-76-70(73)64-61-58-15-12-9-6-3)78-72(75)66-63-60-57-55-53-51-49-47-45-43-41-38-33-31-29-27-25-23-21-19-17-14-11-8-5-2/h20,22,26-29,69H,4-19,21,23-25,30-68H2,1-3H3/b22-20-,28-26-,29-27-. The van der Waals surface area contributed by atoms with Crippen LogP contribution in [-0.4, -0.2) is 37.2 Å². The maximum Gasteiger partial charge on any atom is 0.306 e. The molecule has 78 heavy (non-hydrogen) atoms. The van der Waals surface area contributed by atoms with Gasteiger partial charge >= 0.3 is 17.9 Å². The second-order valence-electron chi connectivity index (χ2n) is 23.8. The normalized spacial score (nSPS) is 12.2. The largest absolute Gasteiger partial charge is 0.462 e. The second-order valence-corrected chi connectivity index (χ2v) is 23.8. The first-order valence-electron chi connectivity index (χ1n) is 35.0. The van der Waals surface area contributed by atoms with Gasteiger partial charge in [0.05, 0.1) is 0 Å². The zero-order valence-corrected chi connectivity index (χ0v) is 52.7. The van der Waals surface area contributed by atoms with E-state index in [0.29, 0.717) is 19.3 Å². The zero-order chi connectivity index (χ0) is 56.4. The highest BCUT2D eigenvalue weighted by atomic mass is 16.6. The summed E-state index contributed by atoms with van der Waals surface area (Å²) in [4.78, 5) is 38.1. The summed E-state index contributed by atoms with van der Waals surface area (Å²) in [7, 11) is 0. The number of rotatable bonds is 65. The van der Waals surface area contributed by atoms with E-state index in [0.717, 1.165) is 64.2 Å². The predicted molar refractivity (Wildman–Crippen MR) is 339 cm³/mol.